The highest BCUT2D eigenvalue weighted by atomic mass is 32.2. The average Bonchev–Trinajstić information content (AvgIpc) is 2.73. The Balaban J connectivity index is 2.37. The van der Waals surface area contributed by atoms with Gasteiger partial charge in [0.2, 0.25) is 11.8 Å². The van der Waals surface area contributed by atoms with Crippen molar-refractivity contribution in [1.29, 1.82) is 0 Å². The molecule has 2 aromatic rings. The fourth-order valence-electron chi connectivity index (χ4n) is 1.55. The lowest BCUT2D eigenvalue weighted by Gasteiger charge is -2.08. The summed E-state index contributed by atoms with van der Waals surface area (Å²) in [4.78, 5) is 10.8. The van der Waals surface area contributed by atoms with Crippen molar-refractivity contribution in [1.82, 2.24) is 5.16 Å². The molecule has 9 heteroatoms. The summed E-state index contributed by atoms with van der Waals surface area (Å²) in [6, 6.07) is 5.09. The number of nitrogens with zero attached hydrogens (tertiary/aromatic N) is 1. The first-order chi connectivity index (χ1) is 9.29. The molecule has 8 nitrogen and oxygen atoms in total. The van der Waals surface area contributed by atoms with Gasteiger partial charge in [-0.05, 0) is 25.1 Å². The lowest BCUT2D eigenvalue weighted by Crippen LogP contribution is -2.16. The third-order valence-electron chi connectivity index (χ3n) is 2.45. The van der Waals surface area contributed by atoms with Gasteiger partial charge in [-0.25, -0.2) is 13.1 Å². The third-order valence-corrected chi connectivity index (χ3v) is 3.87. The van der Waals surface area contributed by atoms with Gasteiger partial charge in [-0.15, -0.1) is 0 Å². The summed E-state index contributed by atoms with van der Waals surface area (Å²) in [5, 5.41) is 3.56. The molecule has 5 N–H and O–H groups in total. The molecular formula is C11H12N4O4S. The number of hydrogen-bond acceptors (Lipinski definition) is 6. The SMILES string of the molecule is Cc1cc(NS(=O)(=O)c2ccc(C(N)=O)cc2N)on1. The van der Waals surface area contributed by atoms with Gasteiger partial charge in [-0.2, -0.15) is 0 Å². The minimum atomic E-state index is -3.93. The Hall–Kier alpha value is -2.55. The number of amides is 1. The Labute approximate surface area is 114 Å². The normalized spacial score (nSPS) is 11.2. The zero-order valence-corrected chi connectivity index (χ0v) is 11.3. The number of anilines is 2. The number of sulfonamides is 1. The van der Waals surface area contributed by atoms with Gasteiger partial charge in [-0.1, -0.05) is 5.16 Å². The number of primary amides is 1. The molecule has 1 aromatic heterocycles. The fourth-order valence-corrected chi connectivity index (χ4v) is 2.63. The lowest BCUT2D eigenvalue weighted by molar-refractivity contribution is 0.1000. The van der Waals surface area contributed by atoms with Crippen molar-refractivity contribution in [2.45, 2.75) is 11.8 Å². The monoisotopic (exact) mass is 296 g/mol. The molecule has 1 aromatic carbocycles. The quantitative estimate of drug-likeness (QED) is 0.700. The Morgan fingerprint density at radius 3 is 2.55 bits per heavy atom. The van der Waals surface area contributed by atoms with Crippen LogP contribution in [0.5, 0.6) is 0 Å². The van der Waals surface area contributed by atoms with Gasteiger partial charge in [0.15, 0.2) is 0 Å². The van der Waals surface area contributed by atoms with Crippen LogP contribution in [0, 0.1) is 6.92 Å². The molecule has 2 rings (SSSR count). The van der Waals surface area contributed by atoms with Gasteiger partial charge in [0.05, 0.1) is 11.4 Å². The van der Waals surface area contributed by atoms with Crippen molar-refractivity contribution in [2.24, 2.45) is 5.73 Å². The molecule has 0 saturated carbocycles. The molecule has 1 amide bonds. The van der Waals surface area contributed by atoms with E-state index in [1.165, 1.54) is 24.3 Å². The second kappa shape index (κ2) is 4.85. The number of carbonyl (C=O) groups is 1. The topological polar surface area (TPSA) is 141 Å². The maximum absolute atomic E-state index is 12.1. The molecule has 0 fully saturated rings. The van der Waals surface area contributed by atoms with Crippen molar-refractivity contribution in [3.63, 3.8) is 0 Å². The second-order valence-corrected chi connectivity index (χ2v) is 5.71. The number of nitrogens with two attached hydrogens (primary N) is 2. The van der Waals surface area contributed by atoms with E-state index in [9.17, 15) is 13.2 Å². The van der Waals surface area contributed by atoms with Crippen LogP contribution in [-0.2, 0) is 10.0 Å². The van der Waals surface area contributed by atoms with Crippen molar-refractivity contribution in [3.05, 3.63) is 35.5 Å². The standard InChI is InChI=1S/C11H12N4O4S/c1-6-4-10(19-14-6)15-20(17,18)9-3-2-7(11(13)16)5-8(9)12/h2-5,15H,12H2,1H3,(H2,13,16). The number of benzene rings is 1. The number of rotatable bonds is 4. The first-order valence-electron chi connectivity index (χ1n) is 5.45. The van der Waals surface area contributed by atoms with Gasteiger partial charge >= 0.3 is 0 Å². The average molecular weight is 296 g/mol. The minimum Gasteiger partial charge on any atom is -0.398 e. The second-order valence-electron chi connectivity index (χ2n) is 4.05. The first kappa shape index (κ1) is 13.9. The number of aromatic nitrogens is 1. The van der Waals surface area contributed by atoms with Gasteiger partial charge in [0, 0.05) is 11.6 Å². The van der Waals surface area contributed by atoms with Crippen LogP contribution >= 0.6 is 0 Å². The molecule has 0 spiro atoms. The minimum absolute atomic E-state index is 0.0270. The fraction of sp³-hybridized carbons (Fsp3) is 0.0909. The van der Waals surface area contributed by atoms with Gasteiger partial charge < -0.3 is 16.0 Å². The van der Waals surface area contributed by atoms with E-state index in [1.807, 2.05) is 0 Å². The molecule has 0 aliphatic rings. The van der Waals surface area contributed by atoms with Crippen LogP contribution in [0.4, 0.5) is 11.6 Å². The van der Waals surface area contributed by atoms with Crippen molar-refractivity contribution < 1.29 is 17.7 Å². The molecule has 0 aliphatic carbocycles. The summed E-state index contributed by atoms with van der Waals surface area (Å²) < 4.78 is 31.2. The van der Waals surface area contributed by atoms with Crippen LogP contribution in [0.1, 0.15) is 16.1 Å². The predicted molar refractivity (Wildman–Crippen MR) is 71.4 cm³/mol. The molecule has 0 bridgehead atoms. The number of nitrogen functional groups attached to an aromatic ring is 1. The van der Waals surface area contributed by atoms with Crippen molar-refractivity contribution in [3.8, 4) is 0 Å². The smallest absolute Gasteiger partial charge is 0.266 e. The summed E-state index contributed by atoms with van der Waals surface area (Å²) >= 11 is 0. The molecule has 0 atom stereocenters. The van der Waals surface area contributed by atoms with Crippen LogP contribution < -0.4 is 16.2 Å². The highest BCUT2D eigenvalue weighted by Crippen LogP contribution is 2.23. The Kier molecular flexibility index (Phi) is 3.36. The summed E-state index contributed by atoms with van der Waals surface area (Å²) in [7, 11) is -3.93. The molecule has 0 saturated heterocycles. The summed E-state index contributed by atoms with van der Waals surface area (Å²) in [5.41, 5.74) is 11.3. The van der Waals surface area contributed by atoms with E-state index in [4.69, 9.17) is 16.0 Å². The van der Waals surface area contributed by atoms with E-state index in [0.29, 0.717) is 5.69 Å². The van der Waals surface area contributed by atoms with Gasteiger partial charge in [0.1, 0.15) is 4.90 Å². The highest BCUT2D eigenvalue weighted by molar-refractivity contribution is 7.92. The van der Waals surface area contributed by atoms with Crippen molar-refractivity contribution in [2.75, 3.05) is 10.5 Å². The molecular weight excluding hydrogens is 284 g/mol. The number of nitrogens with one attached hydrogen (secondary N) is 1. The summed E-state index contributed by atoms with van der Waals surface area (Å²) in [5.74, 6) is -0.722. The maximum atomic E-state index is 12.1. The Morgan fingerprint density at radius 1 is 1.35 bits per heavy atom. The Bertz CT molecular complexity index is 766. The van der Waals surface area contributed by atoms with E-state index in [0.717, 1.165) is 0 Å². The molecule has 106 valence electrons. The molecule has 1 heterocycles. The van der Waals surface area contributed by atoms with Crippen LogP contribution in [0.3, 0.4) is 0 Å². The molecule has 20 heavy (non-hydrogen) atoms. The molecule has 0 radical (unpaired) electrons. The summed E-state index contributed by atoms with van der Waals surface area (Å²) in [6.07, 6.45) is 0. The van der Waals surface area contributed by atoms with Crippen LogP contribution in [0.2, 0.25) is 0 Å². The van der Waals surface area contributed by atoms with E-state index in [2.05, 4.69) is 9.88 Å². The van der Waals surface area contributed by atoms with Crippen LogP contribution in [0.15, 0.2) is 33.7 Å². The third kappa shape index (κ3) is 2.72. The van der Waals surface area contributed by atoms with E-state index < -0.39 is 15.9 Å². The van der Waals surface area contributed by atoms with Crippen molar-refractivity contribution >= 4 is 27.5 Å². The van der Waals surface area contributed by atoms with Crippen LogP contribution in [-0.4, -0.2) is 19.5 Å². The molecule has 0 unspecified atom stereocenters. The number of aryl methyl sites for hydroxylation is 1. The highest BCUT2D eigenvalue weighted by Gasteiger charge is 2.20. The first-order valence-corrected chi connectivity index (χ1v) is 6.93. The zero-order chi connectivity index (χ0) is 14.9. The van der Waals surface area contributed by atoms with E-state index >= 15 is 0 Å². The van der Waals surface area contributed by atoms with E-state index in [-0.39, 0.29) is 22.0 Å². The molecule has 0 aliphatic heterocycles. The largest absolute Gasteiger partial charge is 0.398 e. The number of hydrogen-bond donors (Lipinski definition) is 3. The number of carbonyl (C=O) groups excluding carboxylic acids is 1. The zero-order valence-electron chi connectivity index (χ0n) is 10.5. The Morgan fingerprint density at radius 2 is 2.05 bits per heavy atom. The van der Waals surface area contributed by atoms with Crippen LogP contribution in [0.25, 0.3) is 0 Å². The van der Waals surface area contributed by atoms with E-state index in [1.54, 1.807) is 6.92 Å². The maximum Gasteiger partial charge on any atom is 0.266 e. The lowest BCUT2D eigenvalue weighted by atomic mass is 10.2. The predicted octanol–water partition coefficient (Wildman–Crippen LogP) is 0.465. The summed E-state index contributed by atoms with van der Waals surface area (Å²) in [6.45, 7) is 1.65. The van der Waals surface area contributed by atoms with Gasteiger partial charge in [-0.3, -0.25) is 4.79 Å². The van der Waals surface area contributed by atoms with Gasteiger partial charge in [0.25, 0.3) is 10.0 Å².